The number of nitrogens with one attached hydrogen (secondary N) is 3. The first-order valence-corrected chi connectivity index (χ1v) is 6.44. The van der Waals surface area contributed by atoms with Crippen molar-refractivity contribution < 1.29 is 22.4 Å². The highest BCUT2D eigenvalue weighted by Crippen LogP contribution is 2.17. The molecular formula is C12H12F4N6O. The van der Waals surface area contributed by atoms with E-state index in [4.69, 9.17) is 0 Å². The Morgan fingerprint density at radius 3 is 2.74 bits per heavy atom. The lowest BCUT2D eigenvalue weighted by Crippen LogP contribution is -2.34. The number of aromatic amines is 1. The second-order valence-corrected chi connectivity index (χ2v) is 4.45. The van der Waals surface area contributed by atoms with Gasteiger partial charge in [-0.1, -0.05) is 0 Å². The summed E-state index contributed by atoms with van der Waals surface area (Å²) in [4.78, 5) is 18.9. The maximum absolute atomic E-state index is 13.6. The Morgan fingerprint density at radius 2 is 2.09 bits per heavy atom. The van der Waals surface area contributed by atoms with Gasteiger partial charge in [0.05, 0.1) is 18.0 Å². The number of hydrogen-bond acceptors (Lipinski definition) is 5. The number of carbonyl (C=O) groups is 1. The fourth-order valence-electron chi connectivity index (χ4n) is 1.58. The Labute approximate surface area is 127 Å². The van der Waals surface area contributed by atoms with E-state index in [0.717, 1.165) is 6.20 Å². The quantitative estimate of drug-likeness (QED) is 0.697. The number of nitrogens with zero attached hydrogens (tertiary/aromatic N) is 3. The number of rotatable bonds is 6. The van der Waals surface area contributed by atoms with Crippen LogP contribution in [-0.2, 0) is 4.79 Å². The molecule has 0 bridgehead atoms. The van der Waals surface area contributed by atoms with E-state index in [9.17, 15) is 22.4 Å². The molecule has 0 saturated heterocycles. The highest BCUT2D eigenvalue weighted by Gasteiger charge is 2.27. The predicted molar refractivity (Wildman–Crippen MR) is 71.7 cm³/mol. The number of amides is 1. The van der Waals surface area contributed by atoms with E-state index in [1.807, 2.05) is 0 Å². The zero-order valence-electron chi connectivity index (χ0n) is 11.6. The van der Waals surface area contributed by atoms with Crippen LogP contribution in [0, 0.1) is 5.82 Å². The summed E-state index contributed by atoms with van der Waals surface area (Å²) in [5.74, 6) is -1.49. The summed E-state index contributed by atoms with van der Waals surface area (Å²) in [6.07, 6.45) is -0.827. The Bertz CT molecular complexity index is 658. The summed E-state index contributed by atoms with van der Waals surface area (Å²) in [5.41, 5.74) is 0.538. The van der Waals surface area contributed by atoms with E-state index >= 15 is 0 Å². The van der Waals surface area contributed by atoms with Gasteiger partial charge < -0.3 is 10.6 Å². The molecule has 124 valence electrons. The number of aromatic nitrogens is 4. The van der Waals surface area contributed by atoms with Crippen molar-refractivity contribution in [1.29, 1.82) is 0 Å². The number of halogens is 4. The molecule has 0 fully saturated rings. The summed E-state index contributed by atoms with van der Waals surface area (Å²) in [6, 6.07) is 0. The van der Waals surface area contributed by atoms with Crippen LogP contribution in [0.5, 0.6) is 0 Å². The number of anilines is 1. The molecule has 0 aliphatic heterocycles. The minimum absolute atomic E-state index is 0.0809. The molecule has 0 spiro atoms. The monoisotopic (exact) mass is 332 g/mol. The molecule has 7 nitrogen and oxygen atoms in total. The summed E-state index contributed by atoms with van der Waals surface area (Å²) in [5, 5.41) is 10.5. The van der Waals surface area contributed by atoms with Gasteiger partial charge in [-0.3, -0.25) is 9.89 Å². The zero-order chi connectivity index (χ0) is 16.9. The molecule has 0 aromatic carbocycles. The summed E-state index contributed by atoms with van der Waals surface area (Å²) in [7, 11) is 0. The van der Waals surface area contributed by atoms with Gasteiger partial charge in [-0.15, -0.1) is 0 Å². The van der Waals surface area contributed by atoms with Crippen molar-refractivity contribution in [2.75, 3.05) is 18.4 Å². The van der Waals surface area contributed by atoms with Crippen LogP contribution in [0.15, 0.2) is 18.6 Å². The normalized spacial score (nSPS) is 11.3. The van der Waals surface area contributed by atoms with Crippen LogP contribution in [0.4, 0.5) is 23.4 Å². The average molecular weight is 332 g/mol. The molecule has 3 N–H and O–H groups in total. The SMILES string of the molecule is O=C(CCNc1nc(-c2cn[nH]c2)ncc1F)NCC(F)(F)F. The number of H-pyrrole nitrogens is 1. The Morgan fingerprint density at radius 1 is 1.30 bits per heavy atom. The Balaban J connectivity index is 1.88. The minimum atomic E-state index is -4.47. The molecule has 0 aliphatic carbocycles. The smallest absolute Gasteiger partial charge is 0.367 e. The molecule has 2 aromatic heterocycles. The highest BCUT2D eigenvalue weighted by atomic mass is 19.4. The molecule has 0 radical (unpaired) electrons. The second-order valence-electron chi connectivity index (χ2n) is 4.45. The lowest BCUT2D eigenvalue weighted by Gasteiger charge is -2.09. The van der Waals surface area contributed by atoms with Crippen molar-refractivity contribution >= 4 is 11.7 Å². The van der Waals surface area contributed by atoms with Gasteiger partial charge in [-0.2, -0.15) is 18.3 Å². The molecule has 11 heteroatoms. The third kappa shape index (κ3) is 5.20. The lowest BCUT2D eigenvalue weighted by molar-refractivity contribution is -0.138. The summed E-state index contributed by atoms with van der Waals surface area (Å²) >= 11 is 0. The predicted octanol–water partition coefficient (Wildman–Crippen LogP) is 1.49. The molecule has 2 aromatic rings. The van der Waals surface area contributed by atoms with Crippen LogP contribution in [0.2, 0.25) is 0 Å². The molecule has 2 heterocycles. The van der Waals surface area contributed by atoms with Gasteiger partial charge in [-0.05, 0) is 0 Å². The van der Waals surface area contributed by atoms with Crippen LogP contribution < -0.4 is 10.6 Å². The number of alkyl halides is 3. The van der Waals surface area contributed by atoms with Crippen molar-refractivity contribution in [3.05, 3.63) is 24.4 Å². The summed E-state index contributed by atoms with van der Waals surface area (Å²) in [6.45, 7) is -1.49. The van der Waals surface area contributed by atoms with Crippen molar-refractivity contribution in [1.82, 2.24) is 25.5 Å². The van der Waals surface area contributed by atoms with E-state index in [1.165, 1.54) is 12.4 Å². The van der Waals surface area contributed by atoms with Crippen molar-refractivity contribution in [2.24, 2.45) is 0 Å². The van der Waals surface area contributed by atoms with E-state index in [1.54, 1.807) is 5.32 Å². The van der Waals surface area contributed by atoms with Gasteiger partial charge in [0.1, 0.15) is 6.54 Å². The highest BCUT2D eigenvalue weighted by molar-refractivity contribution is 5.76. The van der Waals surface area contributed by atoms with Gasteiger partial charge in [0, 0.05) is 19.2 Å². The Kier molecular flexibility index (Phi) is 5.09. The second kappa shape index (κ2) is 7.03. The van der Waals surface area contributed by atoms with E-state index < -0.39 is 24.4 Å². The van der Waals surface area contributed by atoms with Gasteiger partial charge in [0.25, 0.3) is 0 Å². The van der Waals surface area contributed by atoms with Crippen molar-refractivity contribution in [2.45, 2.75) is 12.6 Å². The standard InChI is InChI=1S/C12H12F4N6O/c13-8-5-18-10(7-3-20-21-4-7)22-11(8)17-2-1-9(23)19-6-12(14,15)16/h3-5H,1-2,6H2,(H,19,23)(H,20,21)(H,17,18,22). The number of carbonyl (C=O) groups excluding carboxylic acids is 1. The number of hydrogen-bond donors (Lipinski definition) is 3. The largest absolute Gasteiger partial charge is 0.405 e. The fraction of sp³-hybridized carbons (Fsp3) is 0.333. The van der Waals surface area contributed by atoms with E-state index in [0.29, 0.717) is 5.56 Å². The molecule has 2 rings (SSSR count). The third-order valence-electron chi connectivity index (χ3n) is 2.63. The van der Waals surface area contributed by atoms with Crippen molar-refractivity contribution in [3.63, 3.8) is 0 Å². The minimum Gasteiger partial charge on any atom is -0.367 e. The van der Waals surface area contributed by atoms with Gasteiger partial charge in [0.15, 0.2) is 17.5 Å². The first-order valence-electron chi connectivity index (χ1n) is 6.44. The van der Waals surface area contributed by atoms with Crippen LogP contribution in [0.3, 0.4) is 0 Å². The molecule has 1 amide bonds. The van der Waals surface area contributed by atoms with Gasteiger partial charge in [-0.25, -0.2) is 14.4 Å². The average Bonchev–Trinajstić information content (AvgIpc) is 3.00. The maximum Gasteiger partial charge on any atom is 0.405 e. The third-order valence-corrected chi connectivity index (χ3v) is 2.63. The Hall–Kier alpha value is -2.72. The maximum atomic E-state index is 13.6. The molecule has 0 saturated carbocycles. The van der Waals surface area contributed by atoms with Crippen LogP contribution in [0.25, 0.3) is 11.4 Å². The first-order chi connectivity index (χ1) is 10.8. The van der Waals surface area contributed by atoms with Crippen molar-refractivity contribution in [3.8, 4) is 11.4 Å². The lowest BCUT2D eigenvalue weighted by atomic mass is 10.3. The van der Waals surface area contributed by atoms with Gasteiger partial charge >= 0.3 is 6.18 Å². The van der Waals surface area contributed by atoms with Crippen LogP contribution in [0.1, 0.15) is 6.42 Å². The molecule has 0 atom stereocenters. The fourth-order valence-corrected chi connectivity index (χ4v) is 1.58. The van der Waals surface area contributed by atoms with E-state index in [-0.39, 0.29) is 24.6 Å². The molecule has 23 heavy (non-hydrogen) atoms. The molecule has 0 unspecified atom stereocenters. The topological polar surface area (TPSA) is 95.6 Å². The molecular weight excluding hydrogens is 320 g/mol. The van der Waals surface area contributed by atoms with Crippen LogP contribution >= 0.6 is 0 Å². The first kappa shape index (κ1) is 16.6. The molecule has 0 aliphatic rings. The van der Waals surface area contributed by atoms with E-state index in [2.05, 4.69) is 25.5 Å². The summed E-state index contributed by atoms with van der Waals surface area (Å²) < 4.78 is 49.4. The van der Waals surface area contributed by atoms with Crippen LogP contribution in [-0.4, -0.2) is 45.3 Å². The zero-order valence-corrected chi connectivity index (χ0v) is 11.6. The van der Waals surface area contributed by atoms with Gasteiger partial charge in [0.2, 0.25) is 5.91 Å².